The number of anilines is 1. The van der Waals surface area contributed by atoms with Crippen molar-refractivity contribution in [2.75, 3.05) is 19.0 Å². The van der Waals surface area contributed by atoms with E-state index in [9.17, 15) is 0 Å². The summed E-state index contributed by atoms with van der Waals surface area (Å²) in [5.41, 5.74) is 2.03. The first-order chi connectivity index (χ1) is 8.65. The smallest absolute Gasteiger partial charge is 0.207 e. The van der Waals surface area contributed by atoms with Gasteiger partial charge in [-0.3, -0.25) is 4.57 Å². The van der Waals surface area contributed by atoms with Crippen molar-refractivity contribution in [1.82, 2.24) is 9.55 Å². The van der Waals surface area contributed by atoms with Gasteiger partial charge in [0.05, 0.1) is 17.3 Å². The summed E-state index contributed by atoms with van der Waals surface area (Å²) in [6.07, 6.45) is 2.01. The van der Waals surface area contributed by atoms with E-state index in [1.807, 2.05) is 35.9 Å². The first kappa shape index (κ1) is 13.0. The summed E-state index contributed by atoms with van der Waals surface area (Å²) in [7, 11) is 1.66. The Kier molecular flexibility index (Phi) is 3.91. The molecule has 0 amide bonds. The molecule has 0 spiro atoms. The van der Waals surface area contributed by atoms with Gasteiger partial charge in [0, 0.05) is 18.4 Å². The van der Waals surface area contributed by atoms with E-state index < -0.39 is 0 Å². The minimum absolute atomic E-state index is 0.820. The van der Waals surface area contributed by atoms with Gasteiger partial charge in [-0.1, -0.05) is 0 Å². The molecule has 1 aromatic carbocycles. The third kappa shape index (κ3) is 2.51. The first-order valence-electron chi connectivity index (χ1n) is 5.79. The highest BCUT2D eigenvalue weighted by atomic mass is 79.9. The van der Waals surface area contributed by atoms with Crippen LogP contribution in [0.15, 0.2) is 28.9 Å². The summed E-state index contributed by atoms with van der Waals surface area (Å²) in [6.45, 7) is 4.88. The standard InChI is InChI=1S/C13H16BrN3O/c1-4-15-13-16-9(2)8-17(13)10-5-6-12(18-3)11(14)7-10/h5-8H,4H2,1-3H3,(H,15,16). The maximum atomic E-state index is 5.23. The van der Waals surface area contributed by atoms with Crippen molar-refractivity contribution in [1.29, 1.82) is 0 Å². The van der Waals surface area contributed by atoms with Gasteiger partial charge in [-0.25, -0.2) is 4.98 Å². The lowest BCUT2D eigenvalue weighted by Crippen LogP contribution is -2.05. The second-order valence-electron chi connectivity index (χ2n) is 3.93. The van der Waals surface area contributed by atoms with Gasteiger partial charge < -0.3 is 10.1 Å². The average molecular weight is 310 g/mol. The SMILES string of the molecule is CCNc1nc(C)cn1-c1ccc(OC)c(Br)c1. The van der Waals surface area contributed by atoms with Gasteiger partial charge >= 0.3 is 0 Å². The molecule has 2 rings (SSSR count). The molecule has 1 heterocycles. The molecule has 0 unspecified atom stereocenters. The van der Waals surface area contributed by atoms with Crippen LogP contribution in [0.2, 0.25) is 0 Å². The Morgan fingerprint density at radius 2 is 2.22 bits per heavy atom. The van der Waals surface area contributed by atoms with Crippen LogP contribution in [0.4, 0.5) is 5.95 Å². The fraction of sp³-hybridized carbons (Fsp3) is 0.308. The van der Waals surface area contributed by atoms with Crippen LogP contribution in [0.3, 0.4) is 0 Å². The lowest BCUT2D eigenvalue weighted by Gasteiger charge is -2.10. The van der Waals surface area contributed by atoms with Crippen molar-refractivity contribution in [3.8, 4) is 11.4 Å². The lowest BCUT2D eigenvalue weighted by molar-refractivity contribution is 0.412. The fourth-order valence-corrected chi connectivity index (χ4v) is 2.31. The molecule has 1 aromatic heterocycles. The van der Waals surface area contributed by atoms with Gasteiger partial charge in [-0.15, -0.1) is 0 Å². The van der Waals surface area contributed by atoms with Gasteiger partial charge in [0.1, 0.15) is 5.75 Å². The van der Waals surface area contributed by atoms with Gasteiger partial charge in [0.2, 0.25) is 5.95 Å². The number of methoxy groups -OCH3 is 1. The maximum absolute atomic E-state index is 5.23. The number of aryl methyl sites for hydroxylation is 1. The van der Waals surface area contributed by atoms with Crippen LogP contribution in [-0.2, 0) is 0 Å². The van der Waals surface area contributed by atoms with E-state index in [1.54, 1.807) is 7.11 Å². The number of halogens is 1. The normalized spacial score (nSPS) is 10.4. The molecule has 0 fully saturated rings. The van der Waals surface area contributed by atoms with E-state index in [2.05, 4.69) is 33.2 Å². The number of hydrogen-bond donors (Lipinski definition) is 1. The minimum Gasteiger partial charge on any atom is -0.496 e. The highest BCUT2D eigenvalue weighted by Crippen LogP contribution is 2.28. The molecule has 5 heteroatoms. The van der Waals surface area contributed by atoms with E-state index in [0.29, 0.717) is 0 Å². The first-order valence-corrected chi connectivity index (χ1v) is 6.58. The summed E-state index contributed by atoms with van der Waals surface area (Å²) in [5.74, 6) is 1.67. The number of nitrogens with one attached hydrogen (secondary N) is 1. The van der Waals surface area contributed by atoms with Gasteiger partial charge in [0.25, 0.3) is 0 Å². The van der Waals surface area contributed by atoms with E-state index in [4.69, 9.17) is 4.74 Å². The lowest BCUT2D eigenvalue weighted by atomic mass is 10.3. The molecule has 4 nitrogen and oxygen atoms in total. The van der Waals surface area contributed by atoms with Crippen molar-refractivity contribution >= 4 is 21.9 Å². The van der Waals surface area contributed by atoms with Crippen LogP contribution >= 0.6 is 15.9 Å². The van der Waals surface area contributed by atoms with Crippen molar-refractivity contribution in [3.05, 3.63) is 34.6 Å². The number of aromatic nitrogens is 2. The number of hydrogen-bond acceptors (Lipinski definition) is 3. The molecule has 0 saturated heterocycles. The summed E-state index contributed by atoms with van der Waals surface area (Å²) in [4.78, 5) is 4.45. The summed E-state index contributed by atoms with van der Waals surface area (Å²) in [5, 5.41) is 3.25. The quantitative estimate of drug-likeness (QED) is 0.941. The molecule has 0 atom stereocenters. The molecule has 1 N–H and O–H groups in total. The van der Waals surface area contributed by atoms with E-state index in [0.717, 1.165) is 34.1 Å². The maximum Gasteiger partial charge on any atom is 0.207 e. The second kappa shape index (κ2) is 5.44. The van der Waals surface area contributed by atoms with Crippen molar-refractivity contribution in [2.45, 2.75) is 13.8 Å². The van der Waals surface area contributed by atoms with Gasteiger partial charge in [-0.05, 0) is 48.0 Å². The summed E-state index contributed by atoms with van der Waals surface area (Å²) in [6, 6.07) is 5.96. The van der Waals surface area contributed by atoms with E-state index in [1.165, 1.54) is 0 Å². The van der Waals surface area contributed by atoms with Crippen LogP contribution in [0.25, 0.3) is 5.69 Å². The Labute approximate surface area is 115 Å². The summed E-state index contributed by atoms with van der Waals surface area (Å²) < 4.78 is 8.19. The molecule has 0 saturated carbocycles. The molecule has 2 aromatic rings. The monoisotopic (exact) mass is 309 g/mol. The van der Waals surface area contributed by atoms with Crippen LogP contribution < -0.4 is 10.1 Å². The van der Waals surface area contributed by atoms with E-state index >= 15 is 0 Å². The number of benzene rings is 1. The topological polar surface area (TPSA) is 39.1 Å². The van der Waals surface area contributed by atoms with Crippen molar-refractivity contribution in [3.63, 3.8) is 0 Å². The Morgan fingerprint density at radius 3 is 2.83 bits per heavy atom. The Bertz CT molecular complexity index is 551. The zero-order valence-corrected chi connectivity index (χ0v) is 12.3. The molecule has 0 aliphatic rings. The number of imidazole rings is 1. The van der Waals surface area contributed by atoms with Crippen LogP contribution in [-0.4, -0.2) is 23.2 Å². The molecular formula is C13H16BrN3O. The summed E-state index contributed by atoms with van der Waals surface area (Å²) >= 11 is 3.50. The van der Waals surface area contributed by atoms with Crippen molar-refractivity contribution < 1.29 is 4.74 Å². The second-order valence-corrected chi connectivity index (χ2v) is 4.78. The molecule has 0 radical (unpaired) electrons. The predicted molar refractivity (Wildman–Crippen MR) is 76.7 cm³/mol. The Balaban J connectivity index is 2.44. The molecule has 96 valence electrons. The average Bonchev–Trinajstić information content (AvgIpc) is 2.71. The molecule has 0 aliphatic heterocycles. The Morgan fingerprint density at radius 1 is 1.44 bits per heavy atom. The highest BCUT2D eigenvalue weighted by Gasteiger charge is 2.08. The Hall–Kier alpha value is -1.49. The zero-order valence-electron chi connectivity index (χ0n) is 10.7. The van der Waals surface area contributed by atoms with Crippen LogP contribution in [0, 0.1) is 6.92 Å². The largest absolute Gasteiger partial charge is 0.496 e. The minimum atomic E-state index is 0.820. The van der Waals surface area contributed by atoms with Gasteiger partial charge in [0.15, 0.2) is 0 Å². The molecular weight excluding hydrogens is 294 g/mol. The third-order valence-electron chi connectivity index (χ3n) is 2.57. The third-order valence-corrected chi connectivity index (χ3v) is 3.19. The van der Waals surface area contributed by atoms with E-state index in [-0.39, 0.29) is 0 Å². The predicted octanol–water partition coefficient (Wildman–Crippen LogP) is 3.38. The molecule has 0 bridgehead atoms. The number of rotatable bonds is 4. The van der Waals surface area contributed by atoms with Crippen LogP contribution in [0.1, 0.15) is 12.6 Å². The highest BCUT2D eigenvalue weighted by molar-refractivity contribution is 9.10. The zero-order chi connectivity index (χ0) is 13.1. The van der Waals surface area contributed by atoms with Crippen molar-refractivity contribution in [2.24, 2.45) is 0 Å². The number of ether oxygens (including phenoxy) is 1. The van der Waals surface area contributed by atoms with Gasteiger partial charge in [-0.2, -0.15) is 0 Å². The fourth-order valence-electron chi connectivity index (χ4n) is 1.78. The van der Waals surface area contributed by atoms with Crippen LogP contribution in [0.5, 0.6) is 5.75 Å². The molecule has 0 aliphatic carbocycles. The molecule has 18 heavy (non-hydrogen) atoms. The number of nitrogens with zero attached hydrogens (tertiary/aromatic N) is 2.